The molecule has 3 aliphatic heterocycles. The van der Waals surface area contributed by atoms with Crippen LogP contribution in [0.4, 0.5) is 0 Å². The van der Waals surface area contributed by atoms with E-state index in [-0.39, 0.29) is 41.5 Å². The van der Waals surface area contributed by atoms with Gasteiger partial charge in [-0.25, -0.2) is 0 Å². The number of carbonyl (C=O) groups excluding carboxylic acids is 3. The predicted molar refractivity (Wildman–Crippen MR) is 162 cm³/mol. The van der Waals surface area contributed by atoms with Crippen LogP contribution in [0.3, 0.4) is 0 Å². The Balaban J connectivity index is 1.71. The van der Waals surface area contributed by atoms with E-state index in [2.05, 4.69) is 27.0 Å². The van der Waals surface area contributed by atoms with Gasteiger partial charge in [-0.2, -0.15) is 0 Å². The van der Waals surface area contributed by atoms with Crippen molar-refractivity contribution in [1.29, 1.82) is 0 Å². The quantitative estimate of drug-likeness (QED) is 0.228. The number of rotatable bonds is 15. The summed E-state index contributed by atoms with van der Waals surface area (Å²) >= 11 is 1.78. The molecule has 3 saturated heterocycles. The fourth-order valence-corrected chi connectivity index (χ4v) is 10.5. The van der Waals surface area contributed by atoms with Crippen molar-refractivity contribution < 1.29 is 19.5 Å². The van der Waals surface area contributed by atoms with Gasteiger partial charge in [0.2, 0.25) is 17.7 Å². The number of amides is 3. The van der Waals surface area contributed by atoms with Gasteiger partial charge in [0.1, 0.15) is 6.04 Å². The number of likely N-dealkylation sites (tertiary alicyclic amines) is 1. The second kappa shape index (κ2) is 13.9. The molecule has 0 aromatic heterocycles. The van der Waals surface area contributed by atoms with Gasteiger partial charge in [0, 0.05) is 44.1 Å². The van der Waals surface area contributed by atoms with E-state index in [1.807, 2.05) is 20.8 Å². The molecule has 4 aliphatic rings. The number of hydrogen-bond acceptors (Lipinski definition) is 5. The minimum atomic E-state index is -0.579. The number of thioether (sulfide) groups is 1. The van der Waals surface area contributed by atoms with Crippen LogP contribution < -0.4 is 0 Å². The molecule has 7 nitrogen and oxygen atoms in total. The first-order chi connectivity index (χ1) is 19.4. The third kappa shape index (κ3) is 5.64. The van der Waals surface area contributed by atoms with Crippen molar-refractivity contribution in [2.75, 3.05) is 32.8 Å². The van der Waals surface area contributed by atoms with E-state index >= 15 is 0 Å². The standard InChI is InChI=1S/C32H51N3O4S/c1-5-17-33(18-6-2)29(37)26-25-22-23(4)32(40-25)27(26)30(38)35(20-13-8-9-14-21-36)28(32)31(39)34(19-7-3)24-15-11-10-12-16-24/h5,7,23-28,36H,1,3,6,8-22H2,2,4H3/t23?,25-,26+,27-,28?,32?/m0/s1. The number of unbranched alkanes of at least 4 members (excludes halogenated alkanes) is 3. The van der Waals surface area contributed by atoms with Crippen molar-refractivity contribution in [3.63, 3.8) is 0 Å². The largest absolute Gasteiger partial charge is 0.396 e. The number of nitrogens with zero attached hydrogens (tertiary/aromatic N) is 3. The SMILES string of the molecule is C=CCN(CCC)C(=O)[C@@H]1[C@@H]2CC(C)C3(S2)C(C(=O)N(CC=C)C2CCCCC2)N(CCCCCCO)C(=O)[C@H]13. The molecule has 3 amide bonds. The molecular formula is C32H51N3O4S. The number of fused-ring (bicyclic) bond motifs is 1. The van der Waals surface area contributed by atoms with E-state index in [0.29, 0.717) is 26.2 Å². The molecule has 6 atom stereocenters. The zero-order valence-electron chi connectivity index (χ0n) is 24.8. The second-order valence-corrected chi connectivity index (χ2v) is 13.9. The molecule has 1 spiro atoms. The van der Waals surface area contributed by atoms with E-state index in [4.69, 9.17) is 0 Å². The van der Waals surface area contributed by atoms with Gasteiger partial charge in [0.05, 0.1) is 16.6 Å². The number of hydrogen-bond donors (Lipinski definition) is 1. The summed E-state index contributed by atoms with van der Waals surface area (Å²) < 4.78 is -0.579. The first kappa shape index (κ1) is 31.1. The van der Waals surface area contributed by atoms with Gasteiger partial charge in [0.15, 0.2) is 0 Å². The van der Waals surface area contributed by atoms with Crippen LogP contribution in [0.15, 0.2) is 25.3 Å². The summed E-state index contributed by atoms with van der Waals surface area (Å²) in [6.07, 6.45) is 14.1. The Labute approximate surface area is 245 Å². The van der Waals surface area contributed by atoms with Crippen LogP contribution in [-0.2, 0) is 14.4 Å². The Morgan fingerprint density at radius 2 is 1.77 bits per heavy atom. The molecule has 0 radical (unpaired) electrons. The van der Waals surface area contributed by atoms with Gasteiger partial charge >= 0.3 is 0 Å². The maximum atomic E-state index is 14.7. The van der Waals surface area contributed by atoms with Crippen LogP contribution in [0.1, 0.15) is 84.5 Å². The number of aliphatic hydroxyl groups excluding tert-OH is 1. The average Bonchev–Trinajstić information content (AvgIpc) is 3.55. The summed E-state index contributed by atoms with van der Waals surface area (Å²) in [5.41, 5.74) is 0. The van der Waals surface area contributed by atoms with Crippen LogP contribution in [0.2, 0.25) is 0 Å². The van der Waals surface area contributed by atoms with E-state index in [0.717, 1.165) is 64.2 Å². The van der Waals surface area contributed by atoms with Gasteiger partial charge < -0.3 is 19.8 Å². The first-order valence-corrected chi connectivity index (χ1v) is 16.6. The smallest absolute Gasteiger partial charge is 0.247 e. The molecule has 8 heteroatoms. The van der Waals surface area contributed by atoms with Crippen LogP contribution >= 0.6 is 11.8 Å². The van der Waals surface area contributed by atoms with Crippen molar-refractivity contribution in [3.8, 4) is 0 Å². The second-order valence-electron chi connectivity index (χ2n) is 12.4. The van der Waals surface area contributed by atoms with Crippen molar-refractivity contribution in [2.24, 2.45) is 17.8 Å². The Kier molecular flexibility index (Phi) is 10.8. The van der Waals surface area contributed by atoms with E-state index in [9.17, 15) is 19.5 Å². The molecule has 1 N–H and O–H groups in total. The Bertz CT molecular complexity index is 937. The normalized spacial score (nSPS) is 31.3. The molecule has 0 aromatic rings. The molecule has 4 fully saturated rings. The fraction of sp³-hybridized carbons (Fsp3) is 0.781. The molecule has 0 aromatic carbocycles. The topological polar surface area (TPSA) is 81.2 Å². The third-order valence-electron chi connectivity index (χ3n) is 9.85. The summed E-state index contributed by atoms with van der Waals surface area (Å²) in [7, 11) is 0. The lowest BCUT2D eigenvalue weighted by atomic mass is 9.65. The average molecular weight is 574 g/mol. The van der Waals surface area contributed by atoms with Crippen molar-refractivity contribution in [1.82, 2.24) is 14.7 Å². The van der Waals surface area contributed by atoms with Gasteiger partial charge in [-0.3, -0.25) is 14.4 Å². The molecule has 3 unspecified atom stereocenters. The van der Waals surface area contributed by atoms with Gasteiger partial charge in [-0.1, -0.05) is 58.1 Å². The van der Waals surface area contributed by atoms with Crippen LogP contribution in [0.25, 0.3) is 0 Å². The van der Waals surface area contributed by atoms with E-state index in [1.54, 1.807) is 17.8 Å². The number of carbonyl (C=O) groups is 3. The lowest BCUT2D eigenvalue weighted by molar-refractivity contribution is -0.145. The van der Waals surface area contributed by atoms with E-state index < -0.39 is 22.6 Å². The summed E-state index contributed by atoms with van der Waals surface area (Å²) in [6, 6.07) is -0.369. The van der Waals surface area contributed by atoms with Gasteiger partial charge in [0.25, 0.3) is 0 Å². The zero-order valence-corrected chi connectivity index (χ0v) is 25.6. The van der Waals surface area contributed by atoms with E-state index in [1.165, 1.54) is 6.42 Å². The summed E-state index contributed by atoms with van der Waals surface area (Å²) in [5.74, 6) is -0.577. The highest BCUT2D eigenvalue weighted by Crippen LogP contribution is 2.69. The van der Waals surface area contributed by atoms with Crippen LogP contribution in [0.5, 0.6) is 0 Å². The fourth-order valence-electron chi connectivity index (χ4n) is 8.10. The Morgan fingerprint density at radius 3 is 2.42 bits per heavy atom. The molecule has 1 aliphatic carbocycles. The monoisotopic (exact) mass is 573 g/mol. The third-order valence-corrected chi connectivity index (χ3v) is 11.9. The summed E-state index contributed by atoms with van der Waals surface area (Å²) in [6.45, 7) is 14.4. The highest BCUT2D eigenvalue weighted by Gasteiger charge is 2.76. The first-order valence-electron chi connectivity index (χ1n) is 15.8. The minimum Gasteiger partial charge on any atom is -0.396 e. The molecule has 2 bridgehead atoms. The van der Waals surface area contributed by atoms with Crippen LogP contribution in [0, 0.1) is 17.8 Å². The lowest BCUT2D eigenvalue weighted by Gasteiger charge is -2.43. The number of aliphatic hydroxyl groups is 1. The molecular weight excluding hydrogens is 522 g/mol. The maximum Gasteiger partial charge on any atom is 0.247 e. The van der Waals surface area contributed by atoms with Gasteiger partial charge in [-0.15, -0.1) is 24.9 Å². The Hall–Kier alpha value is -1.80. The summed E-state index contributed by atoms with van der Waals surface area (Å²) in [5, 5.41) is 9.27. The maximum absolute atomic E-state index is 14.7. The molecule has 4 rings (SSSR count). The summed E-state index contributed by atoms with van der Waals surface area (Å²) in [4.78, 5) is 49.0. The van der Waals surface area contributed by atoms with Crippen LogP contribution in [-0.4, -0.2) is 92.4 Å². The highest BCUT2D eigenvalue weighted by atomic mass is 32.2. The molecule has 1 saturated carbocycles. The van der Waals surface area contributed by atoms with Gasteiger partial charge in [-0.05, 0) is 44.4 Å². The molecule has 40 heavy (non-hydrogen) atoms. The lowest BCUT2D eigenvalue weighted by Crippen LogP contribution is -2.59. The zero-order chi connectivity index (χ0) is 28.9. The molecule has 3 heterocycles. The predicted octanol–water partition coefficient (Wildman–Crippen LogP) is 4.65. The minimum absolute atomic E-state index is 0.00217. The van der Waals surface area contributed by atoms with Crippen molar-refractivity contribution >= 4 is 29.5 Å². The van der Waals surface area contributed by atoms with Crippen molar-refractivity contribution in [3.05, 3.63) is 25.3 Å². The Morgan fingerprint density at radius 1 is 1.07 bits per heavy atom. The highest BCUT2D eigenvalue weighted by molar-refractivity contribution is 8.02. The molecule has 224 valence electrons. The van der Waals surface area contributed by atoms with Crippen molar-refractivity contribution in [2.45, 2.75) is 107 Å².